The third kappa shape index (κ3) is 5.33. The van der Waals surface area contributed by atoms with E-state index in [0.717, 1.165) is 5.52 Å². The van der Waals surface area contributed by atoms with Crippen molar-refractivity contribution in [1.82, 2.24) is 24.8 Å². The number of fused-ring (bicyclic) bond motifs is 1. The van der Waals surface area contributed by atoms with E-state index in [9.17, 15) is 14.4 Å². The van der Waals surface area contributed by atoms with Gasteiger partial charge in [0.15, 0.2) is 5.69 Å². The van der Waals surface area contributed by atoms with E-state index >= 15 is 0 Å². The van der Waals surface area contributed by atoms with Gasteiger partial charge in [-0.15, -0.1) is 0 Å². The van der Waals surface area contributed by atoms with Crippen molar-refractivity contribution in [2.45, 2.75) is 18.9 Å². The number of rotatable bonds is 6. The summed E-state index contributed by atoms with van der Waals surface area (Å²) in [5.41, 5.74) is 1.60. The molecule has 3 heterocycles. The third-order valence-corrected chi connectivity index (χ3v) is 6.22. The molecule has 1 saturated heterocycles. The molecule has 5 rings (SSSR count). The molecule has 37 heavy (non-hydrogen) atoms. The fourth-order valence-electron chi connectivity index (χ4n) is 4.03. The molecule has 190 valence electrons. The number of para-hydroxylation sites is 2. The van der Waals surface area contributed by atoms with E-state index in [0.29, 0.717) is 42.9 Å². The Morgan fingerprint density at radius 3 is 2.59 bits per heavy atom. The largest absolute Gasteiger partial charge is 0.490 e. The molecule has 13 heteroatoms. The second-order valence-corrected chi connectivity index (χ2v) is 8.77. The lowest BCUT2D eigenvalue weighted by molar-refractivity contribution is 0.0894. The van der Waals surface area contributed by atoms with Gasteiger partial charge in [-0.2, -0.15) is 0 Å². The summed E-state index contributed by atoms with van der Waals surface area (Å²) in [6.07, 6.45) is 1.31. The van der Waals surface area contributed by atoms with Gasteiger partial charge in [0.05, 0.1) is 28.1 Å². The molecular formula is C24H22ClN7O5. The van der Waals surface area contributed by atoms with Crippen molar-refractivity contribution in [2.75, 3.05) is 23.7 Å². The Hall–Kier alpha value is -4.58. The molecule has 2 aromatic heterocycles. The summed E-state index contributed by atoms with van der Waals surface area (Å²) in [5.74, 6) is -0.486. The first-order valence-corrected chi connectivity index (χ1v) is 11.8. The van der Waals surface area contributed by atoms with E-state index in [4.69, 9.17) is 21.4 Å². The molecule has 2 aromatic carbocycles. The maximum absolute atomic E-state index is 12.9. The number of piperidine rings is 1. The number of aromatic nitrogens is 4. The number of imidazole rings is 2. The zero-order valence-electron chi connectivity index (χ0n) is 19.3. The van der Waals surface area contributed by atoms with Crippen molar-refractivity contribution in [3.63, 3.8) is 0 Å². The molecule has 3 amide bonds. The molecule has 1 fully saturated rings. The molecule has 0 radical (unpaired) electrons. The number of hydrogen-bond acceptors (Lipinski definition) is 6. The van der Waals surface area contributed by atoms with Crippen LogP contribution in [0.1, 0.15) is 33.8 Å². The average molecular weight is 524 g/mol. The van der Waals surface area contributed by atoms with E-state index in [1.54, 1.807) is 24.3 Å². The number of likely N-dealkylation sites (tertiary alicyclic amines) is 1. The lowest BCUT2D eigenvalue weighted by Gasteiger charge is -2.30. The van der Waals surface area contributed by atoms with Gasteiger partial charge in [-0.05, 0) is 24.3 Å². The number of H-pyrrole nitrogens is 2. The summed E-state index contributed by atoms with van der Waals surface area (Å²) in [6, 6.07) is 12.1. The van der Waals surface area contributed by atoms with Gasteiger partial charge in [0.25, 0.3) is 11.8 Å². The number of anilines is 2. The highest BCUT2D eigenvalue weighted by Gasteiger charge is 2.24. The monoisotopic (exact) mass is 523 g/mol. The molecule has 4 aromatic rings. The van der Waals surface area contributed by atoms with Crippen LogP contribution in [0.4, 0.5) is 16.4 Å². The van der Waals surface area contributed by atoms with Crippen LogP contribution in [0, 0.1) is 0 Å². The predicted molar refractivity (Wildman–Crippen MR) is 135 cm³/mol. The number of hydrogen-bond donors (Lipinski definition) is 5. The van der Waals surface area contributed by atoms with Gasteiger partial charge in [0, 0.05) is 32.0 Å². The van der Waals surface area contributed by atoms with Gasteiger partial charge in [-0.1, -0.05) is 23.7 Å². The molecule has 0 aliphatic carbocycles. The second-order valence-electron chi connectivity index (χ2n) is 8.37. The average Bonchev–Trinajstić information content (AvgIpc) is 3.53. The minimum Gasteiger partial charge on any atom is -0.490 e. The van der Waals surface area contributed by atoms with Crippen molar-refractivity contribution in [3.8, 4) is 5.75 Å². The van der Waals surface area contributed by atoms with Crippen LogP contribution < -0.4 is 15.4 Å². The fourth-order valence-corrected chi connectivity index (χ4v) is 4.25. The van der Waals surface area contributed by atoms with Gasteiger partial charge in [-0.25, -0.2) is 14.8 Å². The molecule has 0 atom stereocenters. The summed E-state index contributed by atoms with van der Waals surface area (Å²) in [4.78, 5) is 52.0. The summed E-state index contributed by atoms with van der Waals surface area (Å²) in [7, 11) is 0. The Bertz CT molecular complexity index is 1440. The summed E-state index contributed by atoms with van der Waals surface area (Å²) >= 11 is 6.37. The Balaban J connectivity index is 1.22. The zero-order chi connectivity index (χ0) is 25.9. The molecule has 12 nitrogen and oxygen atoms in total. The van der Waals surface area contributed by atoms with Gasteiger partial charge in [0.2, 0.25) is 5.95 Å². The minimum atomic E-state index is -0.936. The van der Waals surface area contributed by atoms with Crippen LogP contribution in [0.5, 0.6) is 5.75 Å². The molecule has 1 aliphatic heterocycles. The van der Waals surface area contributed by atoms with E-state index in [-0.39, 0.29) is 28.5 Å². The second kappa shape index (κ2) is 10.2. The van der Waals surface area contributed by atoms with Crippen molar-refractivity contribution < 1.29 is 24.2 Å². The molecule has 0 saturated carbocycles. The van der Waals surface area contributed by atoms with Crippen LogP contribution in [-0.2, 0) is 0 Å². The topological polar surface area (TPSA) is 165 Å². The number of ether oxygens (including phenoxy) is 1. The highest BCUT2D eigenvalue weighted by atomic mass is 35.5. The summed E-state index contributed by atoms with van der Waals surface area (Å²) < 4.78 is 5.93. The lowest BCUT2D eigenvalue weighted by Crippen LogP contribution is -2.41. The number of halogens is 1. The highest BCUT2D eigenvalue weighted by Crippen LogP contribution is 2.29. The number of nitrogens with zero attached hydrogens (tertiary/aromatic N) is 3. The summed E-state index contributed by atoms with van der Waals surface area (Å²) in [5, 5.41) is 14.6. The minimum absolute atomic E-state index is 0.0401. The third-order valence-electron chi connectivity index (χ3n) is 5.91. The molecule has 0 unspecified atom stereocenters. The Labute approximate surface area is 215 Å². The fraction of sp³-hybridized carbons (Fsp3) is 0.208. The van der Waals surface area contributed by atoms with Gasteiger partial charge in [0.1, 0.15) is 17.5 Å². The van der Waals surface area contributed by atoms with Gasteiger partial charge in [-0.3, -0.25) is 14.9 Å². The molecule has 1 aliphatic rings. The highest BCUT2D eigenvalue weighted by molar-refractivity contribution is 6.34. The number of carbonyl (C=O) groups excluding carboxylic acids is 2. The molecule has 0 bridgehead atoms. The zero-order valence-corrected chi connectivity index (χ0v) is 20.1. The van der Waals surface area contributed by atoms with Crippen molar-refractivity contribution in [2.24, 2.45) is 0 Å². The van der Waals surface area contributed by atoms with E-state index in [1.165, 1.54) is 11.2 Å². The standard InChI is InChI=1S/C24H22ClN7O5/c25-15-11-14(37-13-7-9-32(10-8-13)24(35)36)5-6-16(15)28-21(33)19-20(27-12-26-19)22(34)31-23-29-17-3-1-2-4-18(17)30-23/h1-6,11-13H,7-10H2,(H,26,27)(H,28,33)(H,35,36)(H2,29,30,31,34). The van der Waals surface area contributed by atoms with Crippen LogP contribution in [-0.4, -0.2) is 67.0 Å². The molecule has 5 N–H and O–H groups in total. The van der Waals surface area contributed by atoms with Crippen molar-refractivity contribution in [3.05, 3.63) is 65.2 Å². The number of carboxylic acid groups (broad SMARTS) is 1. The van der Waals surface area contributed by atoms with Crippen LogP contribution in [0.15, 0.2) is 48.8 Å². The van der Waals surface area contributed by atoms with Crippen LogP contribution in [0.3, 0.4) is 0 Å². The SMILES string of the molecule is O=C(Nc1ccc(OC2CCN(C(=O)O)CC2)cc1Cl)c1nc[nH]c1C(=O)Nc1nc2ccccc2[nH]1. The van der Waals surface area contributed by atoms with Gasteiger partial charge >= 0.3 is 6.09 Å². The Morgan fingerprint density at radius 2 is 1.86 bits per heavy atom. The maximum atomic E-state index is 12.9. The number of nitrogens with one attached hydrogen (secondary N) is 4. The first kappa shape index (κ1) is 24.1. The smallest absolute Gasteiger partial charge is 0.407 e. The number of benzene rings is 2. The van der Waals surface area contributed by atoms with E-state index in [1.807, 2.05) is 18.2 Å². The first-order chi connectivity index (χ1) is 17.9. The maximum Gasteiger partial charge on any atom is 0.407 e. The van der Waals surface area contributed by atoms with Crippen molar-refractivity contribution >= 4 is 52.2 Å². The van der Waals surface area contributed by atoms with Crippen LogP contribution >= 0.6 is 11.6 Å². The predicted octanol–water partition coefficient (Wildman–Crippen LogP) is 3.97. The van der Waals surface area contributed by atoms with E-state index < -0.39 is 17.9 Å². The number of carbonyl (C=O) groups is 3. The summed E-state index contributed by atoms with van der Waals surface area (Å²) in [6.45, 7) is 0.801. The Kier molecular flexibility index (Phi) is 6.64. The number of aromatic amines is 2. The molecule has 0 spiro atoms. The quantitative estimate of drug-likeness (QED) is 0.255. The van der Waals surface area contributed by atoms with Gasteiger partial charge < -0.3 is 30.0 Å². The normalized spacial score (nSPS) is 13.9. The Morgan fingerprint density at radius 1 is 1.08 bits per heavy atom. The first-order valence-electron chi connectivity index (χ1n) is 11.4. The van der Waals surface area contributed by atoms with Crippen LogP contribution in [0.25, 0.3) is 11.0 Å². The lowest BCUT2D eigenvalue weighted by atomic mass is 10.1. The van der Waals surface area contributed by atoms with Crippen molar-refractivity contribution in [1.29, 1.82) is 0 Å². The number of amides is 3. The van der Waals surface area contributed by atoms with Crippen LogP contribution in [0.2, 0.25) is 5.02 Å². The molecular weight excluding hydrogens is 502 g/mol. The van der Waals surface area contributed by atoms with E-state index in [2.05, 4.69) is 30.6 Å².